The maximum absolute atomic E-state index is 14.2. The summed E-state index contributed by atoms with van der Waals surface area (Å²) < 4.78 is 37.0. The van der Waals surface area contributed by atoms with Crippen LogP contribution in [0.25, 0.3) is 0 Å². The molecule has 1 N–H and O–H groups in total. The molecule has 1 fully saturated rings. The minimum absolute atomic E-state index is 0.126. The van der Waals surface area contributed by atoms with Crippen LogP contribution < -0.4 is 9.05 Å². The quantitative estimate of drug-likeness (QED) is 0.106. The van der Waals surface area contributed by atoms with Gasteiger partial charge in [-0.05, 0) is 48.9 Å². The molecular weight excluding hydrogens is 567 g/mol. The predicted octanol–water partition coefficient (Wildman–Crippen LogP) is 4.99. The fourth-order valence-corrected chi connectivity index (χ4v) is 6.33. The van der Waals surface area contributed by atoms with Crippen LogP contribution in [0.5, 0.6) is 11.5 Å². The van der Waals surface area contributed by atoms with Crippen molar-refractivity contribution in [3.8, 4) is 11.5 Å². The van der Waals surface area contributed by atoms with Crippen LogP contribution in [0.3, 0.4) is 0 Å². The number of fused-ring (bicyclic) bond motifs is 1. The molecule has 2 aliphatic rings. The second kappa shape index (κ2) is 11.7. The number of benzene rings is 3. The normalized spacial score (nSPS) is 20.3. The first kappa shape index (κ1) is 28.8. The molecule has 2 aliphatic heterocycles. The van der Waals surface area contributed by atoms with Gasteiger partial charge in [-0.25, -0.2) is 4.79 Å². The van der Waals surface area contributed by atoms with Gasteiger partial charge >= 0.3 is 13.8 Å². The summed E-state index contributed by atoms with van der Waals surface area (Å²) in [6, 6.07) is 21.1. The van der Waals surface area contributed by atoms with Crippen LogP contribution in [-0.4, -0.2) is 39.0 Å². The Kier molecular flexibility index (Phi) is 8.02. The van der Waals surface area contributed by atoms with E-state index in [1.165, 1.54) is 36.1 Å². The van der Waals surface area contributed by atoms with E-state index in [0.29, 0.717) is 5.56 Å². The Hall–Kier alpha value is -4.67. The molecule has 0 bridgehead atoms. The van der Waals surface area contributed by atoms with E-state index >= 15 is 0 Å². The maximum Gasteiger partial charge on any atom is 0.646 e. The van der Waals surface area contributed by atoms with Crippen molar-refractivity contribution in [2.24, 2.45) is 11.8 Å². The molecule has 1 saturated heterocycles. The number of β-lactam (4-membered cyclic amide) rings is 1. The summed E-state index contributed by atoms with van der Waals surface area (Å²) >= 11 is 0. The number of nitro groups is 1. The molecule has 2 heterocycles. The number of carbonyl (C=O) groups is 2. The van der Waals surface area contributed by atoms with Crippen molar-refractivity contribution in [2.45, 2.75) is 32.6 Å². The van der Waals surface area contributed by atoms with Crippen molar-refractivity contribution in [1.29, 1.82) is 0 Å². The molecule has 4 atom stereocenters. The van der Waals surface area contributed by atoms with E-state index in [0.717, 1.165) is 0 Å². The third kappa shape index (κ3) is 5.72. The Bertz CT molecular complexity index is 1510. The molecule has 5 rings (SSSR count). The molecule has 1 amide bonds. The van der Waals surface area contributed by atoms with Crippen molar-refractivity contribution >= 4 is 25.4 Å². The van der Waals surface area contributed by atoms with Gasteiger partial charge in [0.1, 0.15) is 23.9 Å². The molecule has 0 aliphatic carbocycles. The Morgan fingerprint density at radius 1 is 0.976 bits per heavy atom. The number of hydrogen-bond donors (Lipinski definition) is 1. The molecule has 13 heteroatoms. The summed E-state index contributed by atoms with van der Waals surface area (Å²) in [5, 5.41) is 21.2. The topological polar surface area (TPSA) is 155 Å². The fraction of sp³-hybridized carbons (Fsp3) is 0.241. The fourth-order valence-electron chi connectivity index (χ4n) is 4.96. The van der Waals surface area contributed by atoms with E-state index in [4.69, 9.17) is 18.3 Å². The lowest BCUT2D eigenvalue weighted by atomic mass is 9.79. The summed E-state index contributed by atoms with van der Waals surface area (Å²) in [5.74, 6) is -2.82. The van der Waals surface area contributed by atoms with E-state index in [-0.39, 0.29) is 35.2 Å². The average molecular weight is 595 g/mol. The number of non-ortho nitro benzene ring substituents is 1. The van der Waals surface area contributed by atoms with Crippen LogP contribution in [0.1, 0.15) is 19.4 Å². The van der Waals surface area contributed by atoms with Crippen LogP contribution in [0, 0.1) is 22.0 Å². The first-order valence-electron chi connectivity index (χ1n) is 13.0. The van der Waals surface area contributed by atoms with Gasteiger partial charge in [-0.3, -0.25) is 19.8 Å². The van der Waals surface area contributed by atoms with Crippen LogP contribution in [-0.2, 0) is 30.0 Å². The number of aliphatic hydroxyl groups excluding tert-OH is 1. The van der Waals surface area contributed by atoms with E-state index in [9.17, 15) is 29.4 Å². The van der Waals surface area contributed by atoms with Crippen molar-refractivity contribution in [3.63, 3.8) is 0 Å². The monoisotopic (exact) mass is 594 g/mol. The maximum atomic E-state index is 14.2. The third-order valence-corrected chi connectivity index (χ3v) is 8.24. The van der Waals surface area contributed by atoms with Gasteiger partial charge in [-0.1, -0.05) is 43.3 Å². The summed E-state index contributed by atoms with van der Waals surface area (Å²) in [6.07, 6.45) is -1.02. The molecule has 3 aromatic rings. The summed E-state index contributed by atoms with van der Waals surface area (Å²) in [6.45, 7) is 2.87. The first-order valence-corrected chi connectivity index (χ1v) is 14.5. The lowest BCUT2D eigenvalue weighted by Crippen LogP contribution is -2.63. The van der Waals surface area contributed by atoms with Gasteiger partial charge in [0.2, 0.25) is 5.91 Å². The largest absolute Gasteiger partial charge is 0.646 e. The van der Waals surface area contributed by atoms with Crippen molar-refractivity contribution < 1.29 is 42.5 Å². The zero-order chi connectivity index (χ0) is 30.0. The van der Waals surface area contributed by atoms with E-state index in [2.05, 4.69) is 0 Å². The van der Waals surface area contributed by atoms with Crippen molar-refractivity contribution in [3.05, 3.63) is 112 Å². The Morgan fingerprint density at radius 3 is 2.02 bits per heavy atom. The second-order valence-corrected chi connectivity index (χ2v) is 11.3. The third-order valence-electron chi connectivity index (χ3n) is 6.95. The number of para-hydroxylation sites is 2. The molecule has 0 saturated carbocycles. The standard InChI is InChI=1S/C29H27N2O10P/c1-18-25-24(19(2)32)28(33)30(25)26(29(34)38-17-20-13-15-21(16-14-20)31(35)36)27(18)41-42(37,39-22-9-5-3-6-10-22)40-23-11-7-4-8-12-23/h3-16,18-19,24-25,32H,17H2,1-2H3/t18-,19-,24-,25-/m0/s1. The molecule has 0 unspecified atom stereocenters. The SMILES string of the molecule is C[C@H](O)[C@@H]1C(=O)N2C(C(=O)OCc3ccc([N+](=O)[O-])cc3)=C(OP(=O)(Oc3ccccc3)Oc3ccccc3)[C@@H](C)[C@@H]12. The molecule has 12 nitrogen and oxygen atoms in total. The summed E-state index contributed by atoms with van der Waals surface area (Å²) in [4.78, 5) is 38.1. The van der Waals surface area contributed by atoms with Gasteiger partial charge in [0.05, 0.1) is 23.0 Å². The lowest BCUT2D eigenvalue weighted by Gasteiger charge is -2.46. The summed E-state index contributed by atoms with van der Waals surface area (Å²) in [5.41, 5.74) is 0.0469. The van der Waals surface area contributed by atoms with Crippen LogP contribution in [0.4, 0.5) is 5.69 Å². The van der Waals surface area contributed by atoms with Gasteiger partial charge in [0.15, 0.2) is 5.70 Å². The number of esters is 1. The number of phosphoric acid groups is 1. The number of amides is 1. The minimum Gasteiger partial charge on any atom is -0.456 e. The minimum atomic E-state index is -4.54. The van der Waals surface area contributed by atoms with Gasteiger partial charge in [-0.2, -0.15) is 4.57 Å². The second-order valence-electron chi connectivity index (χ2n) is 9.81. The number of nitro benzene ring substituents is 1. The van der Waals surface area contributed by atoms with Crippen LogP contribution in [0.2, 0.25) is 0 Å². The highest BCUT2D eigenvalue weighted by Crippen LogP contribution is 2.57. The molecule has 42 heavy (non-hydrogen) atoms. The van der Waals surface area contributed by atoms with Crippen molar-refractivity contribution in [1.82, 2.24) is 4.90 Å². The average Bonchev–Trinajstić information content (AvgIpc) is 3.20. The Morgan fingerprint density at radius 2 is 1.52 bits per heavy atom. The number of rotatable bonds is 11. The molecular formula is C29H27N2O10P. The molecule has 0 aromatic heterocycles. The molecule has 0 spiro atoms. The Labute approximate surface area is 240 Å². The van der Waals surface area contributed by atoms with Crippen LogP contribution >= 0.6 is 7.82 Å². The summed E-state index contributed by atoms with van der Waals surface area (Å²) in [7, 11) is -4.54. The Balaban J connectivity index is 1.48. The molecule has 3 aromatic carbocycles. The highest BCUT2D eigenvalue weighted by Gasteiger charge is 2.62. The highest BCUT2D eigenvalue weighted by molar-refractivity contribution is 7.49. The highest BCUT2D eigenvalue weighted by atomic mass is 31.2. The van der Waals surface area contributed by atoms with E-state index in [1.807, 2.05) is 0 Å². The smallest absolute Gasteiger partial charge is 0.456 e. The number of aliphatic hydroxyl groups is 1. The van der Waals surface area contributed by atoms with E-state index in [1.54, 1.807) is 67.6 Å². The zero-order valence-corrected chi connectivity index (χ0v) is 23.5. The van der Waals surface area contributed by atoms with Gasteiger partial charge < -0.3 is 23.4 Å². The van der Waals surface area contributed by atoms with Crippen LogP contribution in [0.15, 0.2) is 96.4 Å². The van der Waals surface area contributed by atoms with Gasteiger partial charge in [0, 0.05) is 18.1 Å². The number of ether oxygens (including phenoxy) is 1. The van der Waals surface area contributed by atoms with Gasteiger partial charge in [0.25, 0.3) is 5.69 Å². The zero-order valence-electron chi connectivity index (χ0n) is 22.6. The molecule has 218 valence electrons. The van der Waals surface area contributed by atoms with Gasteiger partial charge in [-0.15, -0.1) is 0 Å². The number of nitrogens with zero attached hydrogens (tertiary/aromatic N) is 2. The van der Waals surface area contributed by atoms with E-state index < -0.39 is 48.6 Å². The lowest BCUT2D eigenvalue weighted by molar-refractivity contribution is -0.384. The van der Waals surface area contributed by atoms with Crippen molar-refractivity contribution in [2.75, 3.05) is 0 Å². The molecule has 0 radical (unpaired) electrons. The first-order chi connectivity index (χ1) is 20.1. The predicted molar refractivity (Wildman–Crippen MR) is 148 cm³/mol. The number of phosphoric ester groups is 1. The number of carbonyl (C=O) groups excluding carboxylic acids is 2. The number of hydrogen-bond acceptors (Lipinski definition) is 10.